The molecule has 9 heteroatoms. The van der Waals surface area contributed by atoms with Crippen molar-refractivity contribution in [1.82, 2.24) is 9.88 Å². The van der Waals surface area contributed by atoms with Gasteiger partial charge in [-0.15, -0.1) is 11.3 Å². The number of benzene rings is 3. The van der Waals surface area contributed by atoms with Gasteiger partial charge >= 0.3 is 5.97 Å². The van der Waals surface area contributed by atoms with Gasteiger partial charge in [0.2, 0.25) is 0 Å². The molecule has 0 saturated carbocycles. The van der Waals surface area contributed by atoms with E-state index in [4.69, 9.17) is 19.2 Å². The van der Waals surface area contributed by atoms with Crippen LogP contribution in [0, 0.1) is 0 Å². The molecule has 1 amide bonds. The molecule has 6 rings (SSSR count). The van der Waals surface area contributed by atoms with Gasteiger partial charge in [0.25, 0.3) is 5.91 Å². The number of hydrogen-bond donors (Lipinski definition) is 0. The number of carbonyl (C=O) groups is 2. The number of nitrogens with zero attached hydrogens (tertiary/aromatic N) is 2. The lowest BCUT2D eigenvalue weighted by molar-refractivity contribution is 0.0359. The third-order valence-electron chi connectivity index (χ3n) is 7.73. The van der Waals surface area contributed by atoms with E-state index in [1.165, 1.54) is 0 Å². The minimum Gasteiger partial charge on any atom is -0.497 e. The second kappa shape index (κ2) is 12.1. The molecule has 0 N–H and O–H groups in total. The third kappa shape index (κ3) is 6.06. The fourth-order valence-electron chi connectivity index (χ4n) is 5.74. The molecule has 3 heterocycles. The van der Waals surface area contributed by atoms with Crippen molar-refractivity contribution in [1.29, 1.82) is 0 Å². The average molecular weight is 589 g/mol. The molecule has 1 aromatic heterocycles. The van der Waals surface area contributed by atoms with Crippen LogP contribution in [0.5, 0.6) is 11.5 Å². The second-order valence-electron chi connectivity index (χ2n) is 10.4. The zero-order valence-corrected chi connectivity index (χ0v) is 24.7. The van der Waals surface area contributed by atoms with Crippen molar-refractivity contribution in [3.05, 3.63) is 83.4 Å². The summed E-state index contributed by atoms with van der Waals surface area (Å²) in [6.07, 6.45) is 3.67. The van der Waals surface area contributed by atoms with Crippen LogP contribution in [-0.2, 0) is 10.5 Å². The standard InChI is InChI=1S/C32H32N2O5S2/c1-3-38-31(36)22-8-12-25(13-9-22)39-27-16-23-10-11-24(17-27)34(23)30(35)21-6-4-20(5-7-21)19-40-32-33-28-18-26(37-2)14-15-29(28)41-32/h4-9,12-15,18,23-24,27H,3,10-11,16-17,19H2,1-2H3/t23-,24+,27?. The summed E-state index contributed by atoms with van der Waals surface area (Å²) in [6, 6.07) is 21.4. The maximum absolute atomic E-state index is 13.5. The predicted octanol–water partition coefficient (Wildman–Crippen LogP) is 6.99. The first-order valence-corrected chi connectivity index (χ1v) is 15.7. The number of fused-ring (bicyclic) bond motifs is 3. The first-order valence-electron chi connectivity index (χ1n) is 13.9. The maximum atomic E-state index is 13.5. The fourth-order valence-corrected chi connectivity index (χ4v) is 7.75. The summed E-state index contributed by atoms with van der Waals surface area (Å²) >= 11 is 3.39. The number of thioether (sulfide) groups is 1. The normalized spacial score (nSPS) is 19.8. The molecule has 0 radical (unpaired) electrons. The summed E-state index contributed by atoms with van der Waals surface area (Å²) in [5.74, 6) is 2.12. The van der Waals surface area contributed by atoms with E-state index in [9.17, 15) is 9.59 Å². The van der Waals surface area contributed by atoms with Crippen LogP contribution in [0.25, 0.3) is 10.2 Å². The molecule has 41 heavy (non-hydrogen) atoms. The summed E-state index contributed by atoms with van der Waals surface area (Å²) in [6.45, 7) is 2.14. The number of piperidine rings is 1. The summed E-state index contributed by atoms with van der Waals surface area (Å²) in [4.78, 5) is 32.3. The van der Waals surface area contributed by atoms with Crippen LogP contribution in [0.2, 0.25) is 0 Å². The molecule has 1 unspecified atom stereocenters. The Morgan fingerprint density at radius 2 is 1.63 bits per heavy atom. The molecule has 0 spiro atoms. The topological polar surface area (TPSA) is 78.0 Å². The van der Waals surface area contributed by atoms with E-state index < -0.39 is 0 Å². The number of thiazole rings is 1. The molecular formula is C32H32N2O5S2. The lowest BCUT2D eigenvalue weighted by Crippen LogP contribution is -2.49. The lowest BCUT2D eigenvalue weighted by atomic mass is 9.98. The Bertz CT molecular complexity index is 1520. The quantitative estimate of drug-likeness (QED) is 0.154. The Balaban J connectivity index is 1.04. The summed E-state index contributed by atoms with van der Waals surface area (Å²) in [5.41, 5.74) is 3.36. The first-order chi connectivity index (χ1) is 20.0. The van der Waals surface area contributed by atoms with E-state index in [-0.39, 0.29) is 30.1 Å². The Kier molecular flexibility index (Phi) is 8.16. The zero-order chi connectivity index (χ0) is 28.3. The van der Waals surface area contributed by atoms with Gasteiger partial charge in [-0.3, -0.25) is 4.79 Å². The Morgan fingerprint density at radius 1 is 0.951 bits per heavy atom. The summed E-state index contributed by atoms with van der Waals surface area (Å²) < 4.78 is 18.8. The second-order valence-corrected chi connectivity index (χ2v) is 12.6. The minimum absolute atomic E-state index is 0.0491. The SMILES string of the molecule is CCOC(=O)c1ccc(OC2C[C@H]3CC[C@@H](C2)N3C(=O)c2ccc(CSc3nc4cc(OC)ccc4s3)cc2)cc1. The maximum Gasteiger partial charge on any atom is 0.338 e. The summed E-state index contributed by atoms with van der Waals surface area (Å²) in [7, 11) is 1.66. The van der Waals surface area contributed by atoms with Crippen molar-refractivity contribution in [3.8, 4) is 11.5 Å². The summed E-state index contributed by atoms with van der Waals surface area (Å²) in [5, 5.41) is 0. The van der Waals surface area contributed by atoms with Crippen molar-refractivity contribution in [2.45, 2.75) is 60.9 Å². The molecule has 2 aliphatic heterocycles. The van der Waals surface area contributed by atoms with Gasteiger partial charge in [0.1, 0.15) is 17.6 Å². The largest absolute Gasteiger partial charge is 0.497 e. The monoisotopic (exact) mass is 588 g/mol. The third-order valence-corrected chi connectivity index (χ3v) is 9.98. The highest BCUT2D eigenvalue weighted by Gasteiger charge is 2.44. The van der Waals surface area contributed by atoms with Gasteiger partial charge in [-0.2, -0.15) is 0 Å². The molecule has 3 aromatic carbocycles. The van der Waals surface area contributed by atoms with Gasteiger partial charge in [0.15, 0.2) is 4.34 Å². The Hall–Kier alpha value is -3.56. The number of hydrogen-bond acceptors (Lipinski definition) is 8. The van der Waals surface area contributed by atoms with Crippen molar-refractivity contribution in [3.63, 3.8) is 0 Å². The van der Waals surface area contributed by atoms with Gasteiger partial charge in [-0.25, -0.2) is 9.78 Å². The highest BCUT2D eigenvalue weighted by Crippen LogP contribution is 2.39. The minimum atomic E-state index is -0.328. The van der Waals surface area contributed by atoms with Gasteiger partial charge in [-0.05, 0) is 73.9 Å². The van der Waals surface area contributed by atoms with Crippen molar-refractivity contribution >= 4 is 45.2 Å². The zero-order valence-electron chi connectivity index (χ0n) is 23.1. The van der Waals surface area contributed by atoms with Crippen LogP contribution in [0.3, 0.4) is 0 Å². The number of carbonyl (C=O) groups excluding carboxylic acids is 2. The van der Waals surface area contributed by atoms with Crippen LogP contribution < -0.4 is 9.47 Å². The molecule has 7 nitrogen and oxygen atoms in total. The van der Waals surface area contributed by atoms with Crippen molar-refractivity contribution in [2.24, 2.45) is 0 Å². The lowest BCUT2D eigenvalue weighted by Gasteiger charge is -2.39. The number of rotatable bonds is 9. The molecule has 2 aliphatic rings. The number of methoxy groups -OCH3 is 1. The van der Waals surface area contributed by atoms with E-state index in [2.05, 4.69) is 4.90 Å². The average Bonchev–Trinajstić information content (AvgIpc) is 3.53. The van der Waals surface area contributed by atoms with E-state index >= 15 is 0 Å². The van der Waals surface area contributed by atoms with E-state index in [0.29, 0.717) is 12.2 Å². The van der Waals surface area contributed by atoms with Crippen LogP contribution >= 0.6 is 23.1 Å². The van der Waals surface area contributed by atoms with Gasteiger partial charge in [0.05, 0.1) is 29.5 Å². The number of esters is 1. The first kappa shape index (κ1) is 27.6. The molecular weight excluding hydrogens is 556 g/mol. The number of ether oxygens (including phenoxy) is 3. The molecule has 2 fully saturated rings. The molecule has 212 valence electrons. The van der Waals surface area contributed by atoms with Crippen LogP contribution in [0.4, 0.5) is 0 Å². The van der Waals surface area contributed by atoms with Crippen LogP contribution in [0.1, 0.15) is 58.9 Å². The van der Waals surface area contributed by atoms with Crippen LogP contribution in [0.15, 0.2) is 71.1 Å². The van der Waals surface area contributed by atoms with Crippen molar-refractivity contribution in [2.75, 3.05) is 13.7 Å². The van der Waals surface area contributed by atoms with E-state index in [1.54, 1.807) is 49.3 Å². The molecule has 2 saturated heterocycles. The predicted molar refractivity (Wildman–Crippen MR) is 161 cm³/mol. The Labute approximate surface area is 247 Å². The fraction of sp³-hybridized carbons (Fsp3) is 0.344. The highest BCUT2D eigenvalue weighted by atomic mass is 32.2. The molecule has 4 aromatic rings. The molecule has 2 bridgehead atoms. The number of aromatic nitrogens is 1. The van der Waals surface area contributed by atoms with Crippen molar-refractivity contribution < 1.29 is 23.8 Å². The molecule has 0 aliphatic carbocycles. The van der Waals surface area contributed by atoms with E-state index in [0.717, 1.165) is 68.6 Å². The van der Waals surface area contributed by atoms with Gasteiger partial charge < -0.3 is 19.1 Å². The Morgan fingerprint density at radius 3 is 2.32 bits per heavy atom. The smallest absolute Gasteiger partial charge is 0.338 e. The van der Waals surface area contributed by atoms with Gasteiger partial charge in [-0.1, -0.05) is 23.9 Å². The molecule has 3 atom stereocenters. The highest BCUT2D eigenvalue weighted by molar-refractivity contribution is 8.00. The number of amides is 1. The van der Waals surface area contributed by atoms with Gasteiger partial charge in [0, 0.05) is 42.3 Å². The van der Waals surface area contributed by atoms with E-state index in [1.807, 2.05) is 54.6 Å². The van der Waals surface area contributed by atoms with Crippen LogP contribution in [-0.4, -0.2) is 53.7 Å².